The Morgan fingerprint density at radius 2 is 2.15 bits per heavy atom. The van der Waals surface area contributed by atoms with E-state index in [0.717, 1.165) is 17.7 Å². The van der Waals surface area contributed by atoms with E-state index in [9.17, 15) is 9.59 Å². The lowest BCUT2D eigenvalue weighted by Crippen LogP contribution is -2.44. The Kier molecular flexibility index (Phi) is 4.11. The van der Waals surface area contributed by atoms with E-state index in [0.29, 0.717) is 25.3 Å². The van der Waals surface area contributed by atoms with Crippen LogP contribution >= 0.6 is 0 Å². The molecule has 2 heterocycles. The Hall–Kier alpha value is -1.85. The highest BCUT2D eigenvalue weighted by Gasteiger charge is 2.32. The van der Waals surface area contributed by atoms with Crippen molar-refractivity contribution in [3.05, 3.63) is 17.0 Å². The summed E-state index contributed by atoms with van der Waals surface area (Å²) in [6, 6.07) is 0. The van der Waals surface area contributed by atoms with Crippen LogP contribution < -0.4 is 0 Å². The number of likely N-dealkylation sites (tertiary alicyclic amines) is 1. The Morgan fingerprint density at radius 1 is 1.45 bits per heavy atom. The quantitative estimate of drug-likeness (QED) is 0.911. The smallest absolute Gasteiger partial charge is 0.308 e. The summed E-state index contributed by atoms with van der Waals surface area (Å²) in [5.74, 6) is -1.04. The highest BCUT2D eigenvalue weighted by atomic mass is 16.5. The Labute approximate surface area is 117 Å². The molecule has 20 heavy (non-hydrogen) atoms. The van der Waals surface area contributed by atoms with Gasteiger partial charge in [-0.15, -0.1) is 0 Å². The number of carbonyl (C=O) groups is 2. The van der Waals surface area contributed by atoms with Crippen LogP contribution in [0.15, 0.2) is 4.52 Å². The number of hydrogen-bond acceptors (Lipinski definition) is 4. The average Bonchev–Trinajstić information content (AvgIpc) is 2.76. The maximum atomic E-state index is 12.5. The van der Waals surface area contributed by atoms with E-state index in [-0.39, 0.29) is 11.8 Å². The third kappa shape index (κ3) is 2.69. The van der Waals surface area contributed by atoms with Crippen molar-refractivity contribution in [2.75, 3.05) is 13.1 Å². The van der Waals surface area contributed by atoms with Crippen molar-refractivity contribution in [2.24, 2.45) is 5.92 Å². The Morgan fingerprint density at radius 3 is 2.70 bits per heavy atom. The number of amides is 1. The molecule has 0 saturated carbocycles. The first-order valence-corrected chi connectivity index (χ1v) is 6.86. The van der Waals surface area contributed by atoms with Gasteiger partial charge in [-0.2, -0.15) is 0 Å². The van der Waals surface area contributed by atoms with Gasteiger partial charge in [0.05, 0.1) is 17.5 Å². The van der Waals surface area contributed by atoms with Crippen LogP contribution in [0, 0.1) is 19.8 Å². The predicted molar refractivity (Wildman–Crippen MR) is 71.3 cm³/mol. The fourth-order valence-corrected chi connectivity index (χ4v) is 2.88. The fraction of sp³-hybridized carbons (Fsp3) is 0.643. The molecule has 0 aromatic carbocycles. The van der Waals surface area contributed by atoms with Gasteiger partial charge in [-0.1, -0.05) is 5.16 Å². The molecule has 1 N–H and O–H groups in total. The van der Waals surface area contributed by atoms with Gasteiger partial charge in [0.25, 0.3) is 0 Å². The molecule has 6 heteroatoms. The average molecular weight is 280 g/mol. The second-order valence-electron chi connectivity index (χ2n) is 5.42. The van der Waals surface area contributed by atoms with Gasteiger partial charge in [-0.25, -0.2) is 0 Å². The van der Waals surface area contributed by atoms with Crippen molar-refractivity contribution in [3.8, 4) is 0 Å². The molecule has 2 atom stereocenters. The molecule has 110 valence electrons. The minimum Gasteiger partial charge on any atom is -0.481 e. The zero-order valence-electron chi connectivity index (χ0n) is 12.0. The second kappa shape index (κ2) is 5.64. The van der Waals surface area contributed by atoms with E-state index in [4.69, 9.17) is 9.63 Å². The molecule has 1 amide bonds. The first-order chi connectivity index (χ1) is 9.41. The van der Waals surface area contributed by atoms with Crippen LogP contribution in [-0.4, -0.2) is 40.1 Å². The van der Waals surface area contributed by atoms with Gasteiger partial charge in [-0.3, -0.25) is 9.59 Å². The number of hydrogen-bond donors (Lipinski definition) is 1. The van der Waals surface area contributed by atoms with Gasteiger partial charge in [0.15, 0.2) is 0 Å². The van der Waals surface area contributed by atoms with Crippen LogP contribution in [0.3, 0.4) is 0 Å². The number of nitrogens with zero attached hydrogens (tertiary/aromatic N) is 2. The van der Waals surface area contributed by atoms with Crippen molar-refractivity contribution >= 4 is 11.9 Å². The number of rotatable bonds is 3. The van der Waals surface area contributed by atoms with Crippen LogP contribution in [0.4, 0.5) is 0 Å². The standard InChI is InChI=1S/C14H20N2O4/c1-8(12-9(2)15-20-10(12)3)13(17)16-6-4-5-11(7-16)14(18)19/h8,11H,4-7H2,1-3H3,(H,18,19). The number of aliphatic carboxylic acids is 1. The molecular formula is C14H20N2O4. The number of carbonyl (C=O) groups excluding carboxylic acids is 1. The van der Waals surface area contributed by atoms with E-state index < -0.39 is 11.9 Å². The fourth-order valence-electron chi connectivity index (χ4n) is 2.88. The molecule has 0 spiro atoms. The molecule has 0 aliphatic carbocycles. The largest absolute Gasteiger partial charge is 0.481 e. The molecule has 1 aliphatic rings. The third-order valence-corrected chi connectivity index (χ3v) is 3.97. The van der Waals surface area contributed by atoms with Crippen molar-refractivity contribution in [3.63, 3.8) is 0 Å². The molecule has 1 fully saturated rings. The SMILES string of the molecule is Cc1noc(C)c1C(C)C(=O)N1CCCC(C(=O)O)C1. The summed E-state index contributed by atoms with van der Waals surface area (Å²) in [7, 11) is 0. The molecule has 1 aromatic rings. The summed E-state index contributed by atoms with van der Waals surface area (Å²) in [5.41, 5.74) is 1.53. The van der Waals surface area contributed by atoms with E-state index in [1.54, 1.807) is 11.8 Å². The summed E-state index contributed by atoms with van der Waals surface area (Å²) in [4.78, 5) is 25.3. The molecular weight excluding hydrogens is 260 g/mol. The summed E-state index contributed by atoms with van der Waals surface area (Å²) >= 11 is 0. The summed E-state index contributed by atoms with van der Waals surface area (Å²) in [6.45, 7) is 6.33. The van der Waals surface area contributed by atoms with Crippen molar-refractivity contribution in [1.29, 1.82) is 0 Å². The van der Waals surface area contributed by atoms with Gasteiger partial charge in [0, 0.05) is 18.7 Å². The maximum absolute atomic E-state index is 12.5. The number of aromatic nitrogens is 1. The van der Waals surface area contributed by atoms with Crippen molar-refractivity contribution in [2.45, 2.75) is 39.5 Å². The van der Waals surface area contributed by atoms with Gasteiger partial charge < -0.3 is 14.5 Å². The van der Waals surface area contributed by atoms with E-state index in [1.807, 2.05) is 13.8 Å². The van der Waals surface area contributed by atoms with Crippen molar-refractivity contribution < 1.29 is 19.2 Å². The number of piperidine rings is 1. The zero-order chi connectivity index (χ0) is 14.9. The monoisotopic (exact) mass is 280 g/mol. The van der Waals surface area contributed by atoms with Gasteiger partial charge >= 0.3 is 5.97 Å². The third-order valence-electron chi connectivity index (χ3n) is 3.97. The van der Waals surface area contributed by atoms with Crippen LogP contribution in [0.25, 0.3) is 0 Å². The lowest BCUT2D eigenvalue weighted by Gasteiger charge is -2.32. The lowest BCUT2D eigenvalue weighted by molar-refractivity contribution is -0.146. The van der Waals surface area contributed by atoms with Gasteiger partial charge in [0.1, 0.15) is 5.76 Å². The highest BCUT2D eigenvalue weighted by Crippen LogP contribution is 2.27. The topological polar surface area (TPSA) is 83.6 Å². The highest BCUT2D eigenvalue weighted by molar-refractivity contribution is 5.84. The van der Waals surface area contributed by atoms with Gasteiger partial charge in [0.2, 0.25) is 5.91 Å². The van der Waals surface area contributed by atoms with Crippen LogP contribution in [-0.2, 0) is 9.59 Å². The van der Waals surface area contributed by atoms with Crippen molar-refractivity contribution in [1.82, 2.24) is 10.1 Å². The molecule has 1 saturated heterocycles. The zero-order valence-corrected chi connectivity index (χ0v) is 12.0. The van der Waals surface area contributed by atoms with E-state index in [2.05, 4.69) is 5.16 Å². The van der Waals surface area contributed by atoms with Crippen LogP contribution in [0.5, 0.6) is 0 Å². The second-order valence-corrected chi connectivity index (χ2v) is 5.42. The normalized spacial score (nSPS) is 20.8. The predicted octanol–water partition coefficient (Wildman–Crippen LogP) is 1.72. The molecule has 0 bridgehead atoms. The summed E-state index contributed by atoms with van der Waals surface area (Å²) < 4.78 is 5.10. The van der Waals surface area contributed by atoms with Crippen LogP contribution in [0.2, 0.25) is 0 Å². The summed E-state index contributed by atoms with van der Waals surface area (Å²) in [6.07, 6.45) is 1.37. The lowest BCUT2D eigenvalue weighted by atomic mass is 9.94. The molecule has 0 radical (unpaired) electrons. The first-order valence-electron chi connectivity index (χ1n) is 6.86. The van der Waals surface area contributed by atoms with Gasteiger partial charge in [-0.05, 0) is 33.6 Å². The minimum atomic E-state index is -0.826. The maximum Gasteiger partial charge on any atom is 0.308 e. The molecule has 1 aromatic heterocycles. The number of aryl methyl sites for hydroxylation is 2. The molecule has 1 aliphatic heterocycles. The Balaban J connectivity index is 2.13. The number of carboxylic acids is 1. The Bertz CT molecular complexity index is 504. The number of carboxylic acid groups (broad SMARTS) is 1. The minimum absolute atomic E-state index is 0.0506. The first kappa shape index (κ1) is 14.6. The van der Waals surface area contributed by atoms with E-state index >= 15 is 0 Å². The molecule has 6 nitrogen and oxygen atoms in total. The summed E-state index contributed by atoms with van der Waals surface area (Å²) in [5, 5.41) is 13.0. The molecule has 2 unspecified atom stereocenters. The molecule has 2 rings (SSSR count). The van der Waals surface area contributed by atoms with E-state index in [1.165, 1.54) is 0 Å². The van der Waals surface area contributed by atoms with Crippen LogP contribution in [0.1, 0.15) is 42.7 Å².